The maximum absolute atomic E-state index is 11.7. The molecule has 2 aromatic rings. The number of aromatic nitrogens is 2. The van der Waals surface area contributed by atoms with Crippen molar-refractivity contribution >= 4 is 5.91 Å². The van der Waals surface area contributed by atoms with Crippen LogP contribution in [0.3, 0.4) is 0 Å². The fourth-order valence-corrected chi connectivity index (χ4v) is 1.56. The Kier molecular flexibility index (Phi) is 4.23. The number of carbonyl (C=O) groups is 1. The van der Waals surface area contributed by atoms with E-state index in [0.29, 0.717) is 5.36 Å². The molecule has 19 heavy (non-hydrogen) atoms. The Hall–Kier alpha value is -2.23. The van der Waals surface area contributed by atoms with E-state index in [2.05, 4.69) is 10.1 Å². The van der Waals surface area contributed by atoms with Crippen molar-refractivity contribution < 1.29 is 4.79 Å². The van der Waals surface area contributed by atoms with Gasteiger partial charge in [0, 0.05) is 12.1 Å². The maximum Gasteiger partial charge on any atom is 0.249 e. The molecule has 0 bridgehead atoms. The summed E-state index contributed by atoms with van der Waals surface area (Å²) in [6.07, 6.45) is 4.21. The van der Waals surface area contributed by atoms with Crippen molar-refractivity contribution in [2.24, 2.45) is 10.9 Å². The quantitative estimate of drug-likeness (QED) is 0.845. The number of nitrogens with zero attached hydrogens (tertiary/aromatic N) is 3. The monoisotopic (exact) mass is 255 g/mol. The highest BCUT2D eigenvalue weighted by Gasteiger charge is 2.07. The predicted octanol–water partition coefficient (Wildman–Crippen LogP) is 2.35. The van der Waals surface area contributed by atoms with E-state index in [9.17, 15) is 4.79 Å². The molecule has 1 heterocycles. The Morgan fingerprint density at radius 1 is 1.32 bits per heavy atom. The summed E-state index contributed by atoms with van der Waals surface area (Å²) in [4.78, 5) is 15.7. The molecular weight excluding hydrogens is 238 g/mol. The van der Waals surface area contributed by atoms with E-state index >= 15 is 0 Å². The molecule has 0 spiro atoms. The Balaban J connectivity index is 2.24. The number of carbonyl (C=O) groups excluding carboxylic acids is 1. The fraction of sp³-hybridized carbons (Fsp3) is 0.267. The van der Waals surface area contributed by atoms with Crippen LogP contribution in [0.15, 0.2) is 53.8 Å². The molecule has 4 heteroatoms. The summed E-state index contributed by atoms with van der Waals surface area (Å²) in [5, 5.41) is 4.85. The molecule has 1 amide bonds. The highest BCUT2D eigenvalue weighted by molar-refractivity contribution is 5.79. The summed E-state index contributed by atoms with van der Waals surface area (Å²) in [5.41, 5.74) is 0.974. The van der Waals surface area contributed by atoms with Crippen LogP contribution in [0.25, 0.3) is 5.69 Å². The molecule has 1 unspecified atom stereocenters. The topological polar surface area (TPSA) is 47.2 Å². The van der Waals surface area contributed by atoms with Gasteiger partial charge in [0.25, 0.3) is 0 Å². The van der Waals surface area contributed by atoms with E-state index in [1.54, 1.807) is 23.1 Å². The predicted molar refractivity (Wildman–Crippen MR) is 73.6 cm³/mol. The number of benzene rings is 1. The number of hydrogen-bond acceptors (Lipinski definition) is 2. The van der Waals surface area contributed by atoms with Crippen LogP contribution >= 0.6 is 0 Å². The number of amides is 1. The molecular formula is C15H17N3O. The van der Waals surface area contributed by atoms with Crippen LogP contribution < -0.4 is 5.36 Å². The van der Waals surface area contributed by atoms with Gasteiger partial charge in [0.1, 0.15) is 0 Å². The summed E-state index contributed by atoms with van der Waals surface area (Å²) in [6, 6.07) is 11.6. The number of rotatable bonds is 3. The van der Waals surface area contributed by atoms with Crippen LogP contribution in [-0.4, -0.2) is 15.7 Å². The van der Waals surface area contributed by atoms with E-state index in [1.807, 2.05) is 44.2 Å². The molecule has 2 rings (SSSR count). The summed E-state index contributed by atoms with van der Waals surface area (Å²) in [6.45, 7) is 3.86. The molecule has 0 radical (unpaired) electrons. The van der Waals surface area contributed by atoms with Crippen molar-refractivity contribution in [1.82, 2.24) is 9.78 Å². The van der Waals surface area contributed by atoms with E-state index < -0.39 is 0 Å². The van der Waals surface area contributed by atoms with E-state index in [4.69, 9.17) is 0 Å². The van der Waals surface area contributed by atoms with Crippen LogP contribution in [0.2, 0.25) is 0 Å². The van der Waals surface area contributed by atoms with Gasteiger partial charge in [-0.2, -0.15) is 5.10 Å². The molecule has 0 saturated carbocycles. The van der Waals surface area contributed by atoms with Gasteiger partial charge < -0.3 is 0 Å². The van der Waals surface area contributed by atoms with Crippen LogP contribution in [0.1, 0.15) is 20.3 Å². The third-order valence-electron chi connectivity index (χ3n) is 2.99. The normalized spacial score (nSPS) is 13.3. The first-order chi connectivity index (χ1) is 9.20. The average Bonchev–Trinajstić information content (AvgIpc) is 2.48. The van der Waals surface area contributed by atoms with Gasteiger partial charge in [0.15, 0.2) is 0 Å². The fourth-order valence-electron chi connectivity index (χ4n) is 1.56. The third-order valence-corrected chi connectivity index (χ3v) is 2.99. The number of para-hydroxylation sites is 1. The maximum atomic E-state index is 11.7. The van der Waals surface area contributed by atoms with Gasteiger partial charge in [-0.05, 0) is 24.6 Å². The van der Waals surface area contributed by atoms with Crippen LogP contribution in [-0.2, 0) is 4.79 Å². The second kappa shape index (κ2) is 6.09. The first kappa shape index (κ1) is 13.2. The first-order valence-corrected chi connectivity index (χ1v) is 6.39. The molecule has 0 aliphatic rings. The second-order valence-corrected chi connectivity index (χ2v) is 4.42. The lowest BCUT2D eigenvalue weighted by Crippen LogP contribution is -2.14. The van der Waals surface area contributed by atoms with Gasteiger partial charge in [-0.3, -0.25) is 4.79 Å². The largest absolute Gasteiger partial charge is 0.272 e. The minimum atomic E-state index is -0.0956. The minimum Gasteiger partial charge on any atom is -0.272 e. The van der Waals surface area contributed by atoms with Gasteiger partial charge in [-0.15, -0.1) is 0 Å². The summed E-state index contributed by atoms with van der Waals surface area (Å²) < 4.78 is 1.74. The summed E-state index contributed by atoms with van der Waals surface area (Å²) >= 11 is 0. The lowest BCUT2D eigenvalue weighted by molar-refractivity contribution is -0.121. The highest BCUT2D eigenvalue weighted by Crippen LogP contribution is 2.03. The van der Waals surface area contributed by atoms with Gasteiger partial charge in [0.2, 0.25) is 5.91 Å². The van der Waals surface area contributed by atoms with Crippen LogP contribution in [0.5, 0.6) is 0 Å². The Labute approximate surface area is 112 Å². The van der Waals surface area contributed by atoms with Crippen LogP contribution in [0.4, 0.5) is 0 Å². The molecule has 1 aromatic carbocycles. The van der Waals surface area contributed by atoms with Crippen molar-refractivity contribution in [2.75, 3.05) is 0 Å². The van der Waals surface area contributed by atoms with E-state index in [0.717, 1.165) is 12.1 Å². The molecule has 0 saturated heterocycles. The van der Waals surface area contributed by atoms with Crippen molar-refractivity contribution in [3.05, 3.63) is 54.1 Å². The van der Waals surface area contributed by atoms with Gasteiger partial charge >= 0.3 is 0 Å². The third kappa shape index (κ3) is 3.37. The molecule has 1 atom stereocenters. The zero-order valence-corrected chi connectivity index (χ0v) is 11.2. The van der Waals surface area contributed by atoms with Crippen molar-refractivity contribution in [1.29, 1.82) is 0 Å². The SMILES string of the molecule is CCC(C)C(=O)N=c1ccn(-c2ccccc2)nc1. The summed E-state index contributed by atoms with van der Waals surface area (Å²) in [5.74, 6) is -0.136. The Morgan fingerprint density at radius 3 is 2.63 bits per heavy atom. The zero-order chi connectivity index (χ0) is 13.7. The molecule has 0 fully saturated rings. The lowest BCUT2D eigenvalue weighted by atomic mass is 10.1. The standard InChI is InChI=1S/C15H17N3O/c1-3-12(2)15(19)17-13-9-10-18(16-11-13)14-7-5-4-6-8-14/h4-12H,3H2,1-2H3. The van der Waals surface area contributed by atoms with E-state index in [-0.39, 0.29) is 11.8 Å². The first-order valence-electron chi connectivity index (χ1n) is 6.39. The highest BCUT2D eigenvalue weighted by atomic mass is 16.1. The Morgan fingerprint density at radius 2 is 2.05 bits per heavy atom. The van der Waals surface area contributed by atoms with E-state index in [1.165, 1.54) is 0 Å². The second-order valence-electron chi connectivity index (χ2n) is 4.42. The lowest BCUT2D eigenvalue weighted by Gasteiger charge is -2.04. The number of hydrogen-bond donors (Lipinski definition) is 0. The molecule has 0 aliphatic carbocycles. The smallest absolute Gasteiger partial charge is 0.249 e. The molecule has 4 nitrogen and oxygen atoms in total. The summed E-state index contributed by atoms with van der Waals surface area (Å²) in [7, 11) is 0. The van der Waals surface area contributed by atoms with Crippen molar-refractivity contribution in [3.63, 3.8) is 0 Å². The molecule has 1 aromatic heterocycles. The zero-order valence-electron chi connectivity index (χ0n) is 11.2. The van der Waals surface area contributed by atoms with Gasteiger partial charge in [0.05, 0.1) is 17.2 Å². The molecule has 98 valence electrons. The average molecular weight is 255 g/mol. The Bertz CT molecular complexity index is 596. The van der Waals surface area contributed by atoms with Crippen molar-refractivity contribution in [3.8, 4) is 5.69 Å². The van der Waals surface area contributed by atoms with Crippen LogP contribution in [0, 0.1) is 5.92 Å². The van der Waals surface area contributed by atoms with Crippen molar-refractivity contribution in [2.45, 2.75) is 20.3 Å². The van der Waals surface area contributed by atoms with Gasteiger partial charge in [-0.25, -0.2) is 9.67 Å². The molecule has 0 aliphatic heterocycles. The minimum absolute atomic E-state index is 0.0403. The van der Waals surface area contributed by atoms with Gasteiger partial charge in [-0.1, -0.05) is 32.0 Å². The molecule has 0 N–H and O–H groups in total.